The van der Waals surface area contributed by atoms with Crippen molar-refractivity contribution in [2.45, 2.75) is 20.3 Å². The van der Waals surface area contributed by atoms with Gasteiger partial charge in [-0.05, 0) is 37.1 Å². The van der Waals surface area contributed by atoms with Crippen molar-refractivity contribution in [1.29, 1.82) is 5.26 Å². The second kappa shape index (κ2) is 7.76. The summed E-state index contributed by atoms with van der Waals surface area (Å²) in [6, 6.07) is 12.8. The Balaban J connectivity index is 1.41. The third-order valence-electron chi connectivity index (χ3n) is 5.00. The Morgan fingerprint density at radius 1 is 1.13 bits per heavy atom. The number of hydrogen-bond donors (Lipinski definition) is 1. The quantitative estimate of drug-likeness (QED) is 0.496. The number of nitriles is 1. The van der Waals surface area contributed by atoms with Crippen LogP contribution < -0.4 is 5.32 Å². The predicted molar refractivity (Wildman–Crippen MR) is 110 cm³/mol. The SMILES string of the molecule is Cc1ccc2c(CC(=O)OCC(=O)Nc3c(C#N)oc4ccccc34)coc2c1C. The lowest BCUT2D eigenvalue weighted by Gasteiger charge is -2.06. The molecule has 0 aliphatic heterocycles. The average molecular weight is 402 g/mol. The van der Waals surface area contributed by atoms with Crippen LogP contribution in [0.5, 0.6) is 0 Å². The van der Waals surface area contributed by atoms with E-state index in [0.29, 0.717) is 16.5 Å². The molecule has 4 aromatic rings. The number of aryl methyl sites for hydroxylation is 2. The molecular weight excluding hydrogens is 384 g/mol. The van der Waals surface area contributed by atoms with Gasteiger partial charge in [0.2, 0.25) is 5.76 Å². The summed E-state index contributed by atoms with van der Waals surface area (Å²) < 4.78 is 16.1. The predicted octanol–water partition coefficient (Wildman–Crippen LogP) is 4.39. The van der Waals surface area contributed by atoms with E-state index in [0.717, 1.165) is 22.1 Å². The van der Waals surface area contributed by atoms with Crippen LogP contribution in [0.3, 0.4) is 0 Å². The number of hydrogen-bond acceptors (Lipinski definition) is 6. The molecule has 0 bridgehead atoms. The molecule has 0 saturated heterocycles. The maximum Gasteiger partial charge on any atom is 0.310 e. The molecule has 0 atom stereocenters. The summed E-state index contributed by atoms with van der Waals surface area (Å²) in [6.07, 6.45) is 1.52. The number of ether oxygens (including phenoxy) is 1. The Morgan fingerprint density at radius 3 is 2.73 bits per heavy atom. The van der Waals surface area contributed by atoms with Crippen molar-refractivity contribution in [1.82, 2.24) is 0 Å². The highest BCUT2D eigenvalue weighted by Gasteiger charge is 2.18. The summed E-state index contributed by atoms with van der Waals surface area (Å²) in [7, 11) is 0. The zero-order valence-electron chi connectivity index (χ0n) is 16.4. The van der Waals surface area contributed by atoms with E-state index in [9.17, 15) is 14.9 Å². The Hall–Kier alpha value is -4.05. The minimum absolute atomic E-state index is 0.00796. The Bertz CT molecular complexity index is 1320. The molecule has 2 aromatic heterocycles. The van der Waals surface area contributed by atoms with E-state index in [1.54, 1.807) is 24.3 Å². The highest BCUT2D eigenvalue weighted by Crippen LogP contribution is 2.30. The molecule has 0 radical (unpaired) electrons. The van der Waals surface area contributed by atoms with Crippen molar-refractivity contribution in [2.75, 3.05) is 11.9 Å². The van der Waals surface area contributed by atoms with E-state index in [1.807, 2.05) is 32.0 Å². The standard InChI is InChI=1S/C23H18N2O5/c1-13-7-8-16-15(11-29-23(16)14(13)2)9-21(27)28-12-20(26)25-22-17-5-3-4-6-18(17)30-19(22)10-24/h3-8,11H,9,12H2,1-2H3,(H,25,26). The van der Waals surface area contributed by atoms with Crippen LogP contribution in [0.4, 0.5) is 5.69 Å². The molecular formula is C23H18N2O5. The summed E-state index contributed by atoms with van der Waals surface area (Å²) in [5.74, 6) is -1.12. The molecule has 4 rings (SSSR count). The molecule has 0 saturated carbocycles. The number of rotatable bonds is 5. The van der Waals surface area contributed by atoms with Crippen LogP contribution in [-0.4, -0.2) is 18.5 Å². The van der Waals surface area contributed by atoms with Crippen LogP contribution in [-0.2, 0) is 20.7 Å². The van der Waals surface area contributed by atoms with Crippen LogP contribution in [0, 0.1) is 25.2 Å². The summed E-state index contributed by atoms with van der Waals surface area (Å²) in [5, 5.41) is 13.3. The van der Waals surface area contributed by atoms with Crippen LogP contribution in [0.1, 0.15) is 22.5 Å². The largest absolute Gasteiger partial charge is 0.464 e. The van der Waals surface area contributed by atoms with Crippen molar-refractivity contribution in [3.05, 3.63) is 65.1 Å². The van der Waals surface area contributed by atoms with Gasteiger partial charge in [-0.3, -0.25) is 9.59 Å². The molecule has 150 valence electrons. The van der Waals surface area contributed by atoms with Crippen LogP contribution in [0.25, 0.3) is 21.9 Å². The first kappa shape index (κ1) is 19.3. The number of furan rings is 2. The van der Waals surface area contributed by atoms with Gasteiger partial charge < -0.3 is 18.9 Å². The monoisotopic (exact) mass is 402 g/mol. The lowest BCUT2D eigenvalue weighted by Crippen LogP contribution is -2.21. The first-order valence-electron chi connectivity index (χ1n) is 9.31. The molecule has 0 aliphatic carbocycles. The van der Waals surface area contributed by atoms with Gasteiger partial charge in [0.1, 0.15) is 22.9 Å². The van der Waals surface area contributed by atoms with Gasteiger partial charge in [-0.25, -0.2) is 0 Å². The molecule has 0 spiro atoms. The molecule has 0 aliphatic rings. The smallest absolute Gasteiger partial charge is 0.310 e. The van der Waals surface area contributed by atoms with Crippen LogP contribution >= 0.6 is 0 Å². The summed E-state index contributed by atoms with van der Waals surface area (Å²) >= 11 is 0. The molecule has 2 aromatic carbocycles. The van der Waals surface area contributed by atoms with E-state index < -0.39 is 18.5 Å². The Morgan fingerprint density at radius 2 is 1.93 bits per heavy atom. The molecule has 2 heterocycles. The average Bonchev–Trinajstić information content (AvgIpc) is 3.31. The molecule has 7 heteroatoms. The number of nitrogens with one attached hydrogen (secondary N) is 1. The molecule has 0 unspecified atom stereocenters. The first-order chi connectivity index (χ1) is 14.5. The molecule has 0 fully saturated rings. The van der Waals surface area contributed by atoms with Gasteiger partial charge in [0, 0.05) is 16.3 Å². The number of anilines is 1. The topological polar surface area (TPSA) is 105 Å². The zero-order chi connectivity index (χ0) is 21.3. The van der Waals surface area contributed by atoms with E-state index in [4.69, 9.17) is 13.6 Å². The van der Waals surface area contributed by atoms with Crippen molar-refractivity contribution < 1.29 is 23.2 Å². The van der Waals surface area contributed by atoms with Gasteiger partial charge >= 0.3 is 5.97 Å². The van der Waals surface area contributed by atoms with Crippen molar-refractivity contribution in [3.8, 4) is 6.07 Å². The molecule has 1 N–H and O–H groups in total. The van der Waals surface area contributed by atoms with Crippen LogP contribution in [0.2, 0.25) is 0 Å². The highest BCUT2D eigenvalue weighted by atomic mass is 16.5. The number of carbonyl (C=O) groups excluding carboxylic acids is 2. The lowest BCUT2D eigenvalue weighted by atomic mass is 10.0. The minimum Gasteiger partial charge on any atom is -0.464 e. The van der Waals surface area contributed by atoms with E-state index in [1.165, 1.54) is 6.26 Å². The number of nitrogens with zero attached hydrogens (tertiary/aromatic N) is 1. The van der Waals surface area contributed by atoms with Crippen molar-refractivity contribution in [2.24, 2.45) is 0 Å². The third kappa shape index (κ3) is 3.51. The van der Waals surface area contributed by atoms with Gasteiger partial charge in [-0.2, -0.15) is 5.26 Å². The number of fused-ring (bicyclic) bond motifs is 2. The highest BCUT2D eigenvalue weighted by molar-refractivity contribution is 6.03. The van der Waals surface area contributed by atoms with Gasteiger partial charge in [0.25, 0.3) is 5.91 Å². The van der Waals surface area contributed by atoms with Gasteiger partial charge in [0.05, 0.1) is 12.7 Å². The number of amides is 1. The Labute approximate surface area is 171 Å². The van der Waals surface area contributed by atoms with Gasteiger partial charge in [-0.1, -0.05) is 24.3 Å². The normalized spacial score (nSPS) is 10.8. The summed E-state index contributed by atoms with van der Waals surface area (Å²) in [5.41, 5.74) is 4.32. The second-order valence-corrected chi connectivity index (χ2v) is 6.94. The van der Waals surface area contributed by atoms with Crippen molar-refractivity contribution in [3.63, 3.8) is 0 Å². The number of benzene rings is 2. The number of esters is 1. The van der Waals surface area contributed by atoms with Gasteiger partial charge in [0.15, 0.2) is 6.61 Å². The minimum atomic E-state index is -0.560. The summed E-state index contributed by atoms with van der Waals surface area (Å²) in [4.78, 5) is 24.5. The maximum atomic E-state index is 12.3. The fraction of sp³-hybridized carbons (Fsp3) is 0.174. The fourth-order valence-electron chi connectivity index (χ4n) is 3.30. The molecule has 1 amide bonds. The maximum absolute atomic E-state index is 12.3. The number of para-hydroxylation sites is 1. The third-order valence-corrected chi connectivity index (χ3v) is 5.00. The molecule has 30 heavy (non-hydrogen) atoms. The second-order valence-electron chi connectivity index (χ2n) is 6.94. The lowest BCUT2D eigenvalue weighted by molar-refractivity contribution is -0.146. The fourth-order valence-corrected chi connectivity index (χ4v) is 3.30. The molecule has 7 nitrogen and oxygen atoms in total. The van der Waals surface area contributed by atoms with E-state index in [2.05, 4.69) is 5.32 Å². The van der Waals surface area contributed by atoms with E-state index in [-0.39, 0.29) is 17.9 Å². The van der Waals surface area contributed by atoms with E-state index >= 15 is 0 Å². The Kier molecular flexibility index (Phi) is 4.98. The first-order valence-corrected chi connectivity index (χ1v) is 9.31. The van der Waals surface area contributed by atoms with Crippen molar-refractivity contribution >= 4 is 39.5 Å². The van der Waals surface area contributed by atoms with Gasteiger partial charge in [-0.15, -0.1) is 0 Å². The summed E-state index contributed by atoms with van der Waals surface area (Å²) in [6.45, 7) is 3.48. The van der Waals surface area contributed by atoms with Crippen LogP contribution in [0.15, 0.2) is 51.5 Å². The number of carbonyl (C=O) groups is 2. The zero-order valence-corrected chi connectivity index (χ0v) is 16.4.